The van der Waals surface area contributed by atoms with Crippen LogP contribution in [0.4, 0.5) is 0 Å². The number of pyridine rings is 1. The molecule has 22 heavy (non-hydrogen) atoms. The van der Waals surface area contributed by atoms with Gasteiger partial charge in [0.25, 0.3) is 0 Å². The maximum atomic E-state index is 4.53. The number of aromatic nitrogens is 1. The lowest BCUT2D eigenvalue weighted by atomic mass is 9.62. The molecule has 1 heteroatoms. The van der Waals surface area contributed by atoms with Crippen LogP contribution in [0.1, 0.15) is 31.2 Å². The topological polar surface area (TPSA) is 12.9 Å². The monoisotopic (exact) mass is 289 g/mol. The Morgan fingerprint density at radius 3 is 2.86 bits per heavy atom. The highest BCUT2D eigenvalue weighted by Crippen LogP contribution is 2.47. The van der Waals surface area contributed by atoms with E-state index in [-0.39, 0.29) is 5.41 Å². The highest BCUT2D eigenvalue weighted by molar-refractivity contribution is 5.85. The molecule has 112 valence electrons. The fourth-order valence-electron chi connectivity index (χ4n) is 3.92. The van der Waals surface area contributed by atoms with Gasteiger partial charge in [0.05, 0.1) is 0 Å². The molecule has 2 aromatic rings. The summed E-state index contributed by atoms with van der Waals surface area (Å²) in [5, 5.41) is 2.54. The Hall–Kier alpha value is -2.15. The average molecular weight is 289 g/mol. The fraction of sp³-hybridized carbons (Fsp3) is 0.286. The Bertz CT molecular complexity index is 707. The summed E-state index contributed by atoms with van der Waals surface area (Å²) in [6.45, 7) is 7.99. The van der Waals surface area contributed by atoms with Crippen molar-refractivity contribution >= 4 is 10.8 Å². The lowest BCUT2D eigenvalue weighted by Crippen LogP contribution is -2.36. The van der Waals surface area contributed by atoms with E-state index in [1.165, 1.54) is 16.3 Å². The molecule has 0 spiro atoms. The molecule has 0 bridgehead atoms. The van der Waals surface area contributed by atoms with Crippen molar-refractivity contribution in [3.8, 4) is 0 Å². The quantitative estimate of drug-likeness (QED) is 0.654. The van der Waals surface area contributed by atoms with Crippen LogP contribution in [0.3, 0.4) is 0 Å². The van der Waals surface area contributed by atoms with Gasteiger partial charge in [-0.25, -0.2) is 0 Å². The van der Waals surface area contributed by atoms with E-state index >= 15 is 0 Å². The normalized spacial score (nSPS) is 24.3. The Balaban J connectivity index is 2.23. The first-order valence-electron chi connectivity index (χ1n) is 8.03. The molecule has 0 saturated heterocycles. The maximum absolute atomic E-state index is 4.53. The molecular formula is C21H23N. The molecule has 1 aromatic carbocycles. The van der Waals surface area contributed by atoms with Crippen molar-refractivity contribution in [3.05, 3.63) is 79.7 Å². The third kappa shape index (κ3) is 2.41. The second-order valence-electron chi connectivity index (χ2n) is 6.15. The van der Waals surface area contributed by atoms with Gasteiger partial charge in [0.1, 0.15) is 0 Å². The molecule has 1 aliphatic carbocycles. The standard InChI is InChI=1S/C21H23N/c1-3-9-18-11-7-8-14-21(18,13-4-2)20-16-22-15-17-10-5-6-12-19(17)20/h3-7,10-12,15-16,18H,1-2,8-9,13-14H2. The summed E-state index contributed by atoms with van der Waals surface area (Å²) in [5.41, 5.74) is 1.44. The Labute approximate surface area is 133 Å². The van der Waals surface area contributed by atoms with E-state index in [1.807, 2.05) is 12.3 Å². The Morgan fingerprint density at radius 1 is 1.18 bits per heavy atom. The van der Waals surface area contributed by atoms with Gasteiger partial charge in [-0.05, 0) is 42.6 Å². The second kappa shape index (κ2) is 6.31. The molecule has 2 atom stereocenters. The molecule has 3 rings (SSSR count). The van der Waals surface area contributed by atoms with Gasteiger partial charge in [-0.1, -0.05) is 48.6 Å². The predicted octanol–water partition coefficient (Wildman–Crippen LogP) is 5.59. The maximum Gasteiger partial charge on any atom is 0.0346 e. The van der Waals surface area contributed by atoms with Gasteiger partial charge in [-0.15, -0.1) is 13.2 Å². The first kappa shape index (κ1) is 14.8. The number of fused-ring (bicyclic) bond motifs is 1. The average Bonchev–Trinajstić information content (AvgIpc) is 2.56. The van der Waals surface area contributed by atoms with E-state index in [9.17, 15) is 0 Å². The van der Waals surface area contributed by atoms with Crippen LogP contribution >= 0.6 is 0 Å². The summed E-state index contributed by atoms with van der Waals surface area (Å²) in [7, 11) is 0. The number of hydrogen-bond acceptors (Lipinski definition) is 1. The van der Waals surface area contributed by atoms with Crippen LogP contribution in [-0.4, -0.2) is 4.98 Å². The molecular weight excluding hydrogens is 266 g/mol. The number of nitrogens with zero attached hydrogens (tertiary/aromatic N) is 1. The van der Waals surface area contributed by atoms with Crippen molar-refractivity contribution in [1.29, 1.82) is 0 Å². The molecule has 1 aliphatic rings. The van der Waals surface area contributed by atoms with Gasteiger partial charge in [0, 0.05) is 23.2 Å². The van der Waals surface area contributed by atoms with Gasteiger partial charge in [0.15, 0.2) is 0 Å². The van der Waals surface area contributed by atoms with Gasteiger partial charge in [0.2, 0.25) is 0 Å². The number of hydrogen-bond donors (Lipinski definition) is 0. The van der Waals surface area contributed by atoms with Gasteiger partial charge in [-0.2, -0.15) is 0 Å². The van der Waals surface area contributed by atoms with E-state index in [4.69, 9.17) is 0 Å². The highest BCUT2D eigenvalue weighted by Gasteiger charge is 2.39. The van der Waals surface area contributed by atoms with E-state index in [0.29, 0.717) is 5.92 Å². The van der Waals surface area contributed by atoms with E-state index in [1.54, 1.807) is 0 Å². The van der Waals surface area contributed by atoms with Crippen LogP contribution in [0, 0.1) is 5.92 Å². The fourth-order valence-corrected chi connectivity index (χ4v) is 3.92. The van der Waals surface area contributed by atoms with Crippen molar-refractivity contribution < 1.29 is 0 Å². The molecule has 2 unspecified atom stereocenters. The summed E-state index contributed by atoms with van der Waals surface area (Å²) in [4.78, 5) is 4.53. The largest absolute Gasteiger partial charge is 0.264 e. The van der Waals surface area contributed by atoms with Crippen LogP contribution in [0.2, 0.25) is 0 Å². The predicted molar refractivity (Wildman–Crippen MR) is 94.9 cm³/mol. The SMILES string of the molecule is C=CCC1C=CCCC1(CC=C)c1cncc2ccccc12. The summed E-state index contributed by atoms with van der Waals surface area (Å²) in [6.07, 6.45) is 17.1. The van der Waals surface area contributed by atoms with E-state index in [2.05, 4.69) is 66.8 Å². The summed E-state index contributed by atoms with van der Waals surface area (Å²) < 4.78 is 0. The van der Waals surface area contributed by atoms with Crippen molar-refractivity contribution in [2.24, 2.45) is 5.92 Å². The molecule has 0 N–H and O–H groups in total. The minimum Gasteiger partial charge on any atom is -0.264 e. The van der Waals surface area contributed by atoms with Crippen molar-refractivity contribution in [2.75, 3.05) is 0 Å². The Morgan fingerprint density at radius 2 is 2.05 bits per heavy atom. The number of benzene rings is 1. The van der Waals surface area contributed by atoms with Crippen LogP contribution < -0.4 is 0 Å². The van der Waals surface area contributed by atoms with Crippen molar-refractivity contribution in [3.63, 3.8) is 0 Å². The highest BCUT2D eigenvalue weighted by atomic mass is 14.6. The van der Waals surface area contributed by atoms with Gasteiger partial charge in [-0.3, -0.25) is 4.98 Å². The zero-order valence-corrected chi connectivity index (χ0v) is 13.0. The summed E-state index contributed by atoms with van der Waals surface area (Å²) in [5.74, 6) is 0.462. The second-order valence-corrected chi connectivity index (χ2v) is 6.15. The molecule has 0 radical (unpaired) electrons. The molecule has 0 saturated carbocycles. The minimum atomic E-state index is 0.0819. The van der Waals surface area contributed by atoms with Crippen LogP contribution in [0.15, 0.2) is 74.1 Å². The molecule has 1 aromatic heterocycles. The van der Waals surface area contributed by atoms with Crippen LogP contribution in [0.5, 0.6) is 0 Å². The van der Waals surface area contributed by atoms with Crippen molar-refractivity contribution in [2.45, 2.75) is 31.1 Å². The summed E-state index contributed by atoms with van der Waals surface area (Å²) in [6, 6.07) is 8.57. The minimum absolute atomic E-state index is 0.0819. The van der Waals surface area contributed by atoms with Crippen molar-refractivity contribution in [1.82, 2.24) is 4.98 Å². The molecule has 1 heterocycles. The number of allylic oxidation sites excluding steroid dienone is 4. The van der Waals surface area contributed by atoms with Crippen LogP contribution in [-0.2, 0) is 5.41 Å². The smallest absolute Gasteiger partial charge is 0.0346 e. The molecule has 1 nitrogen and oxygen atoms in total. The van der Waals surface area contributed by atoms with Crippen LogP contribution in [0.25, 0.3) is 10.8 Å². The lowest BCUT2D eigenvalue weighted by molar-refractivity contribution is 0.287. The summed E-state index contributed by atoms with van der Waals surface area (Å²) >= 11 is 0. The number of rotatable bonds is 5. The van der Waals surface area contributed by atoms with E-state index in [0.717, 1.165) is 25.7 Å². The first-order chi connectivity index (χ1) is 10.8. The lowest BCUT2D eigenvalue weighted by Gasteiger charge is -2.42. The first-order valence-corrected chi connectivity index (χ1v) is 8.03. The van der Waals surface area contributed by atoms with Gasteiger partial charge < -0.3 is 0 Å². The molecule has 0 amide bonds. The third-order valence-corrected chi connectivity index (χ3v) is 4.97. The zero-order valence-electron chi connectivity index (χ0n) is 13.0. The Kier molecular flexibility index (Phi) is 4.24. The van der Waals surface area contributed by atoms with E-state index < -0.39 is 0 Å². The molecule has 0 aliphatic heterocycles. The van der Waals surface area contributed by atoms with Gasteiger partial charge >= 0.3 is 0 Å². The molecule has 0 fully saturated rings. The third-order valence-electron chi connectivity index (χ3n) is 4.97. The zero-order chi connectivity index (χ0) is 15.4.